The van der Waals surface area contributed by atoms with Gasteiger partial charge >= 0.3 is 0 Å². The first-order valence-electron chi connectivity index (χ1n) is 33.1. The molecule has 0 N–H and O–H groups in total. The molecule has 0 radical (unpaired) electrons. The largest absolute Gasteiger partial charge is 0.311 e. The van der Waals surface area contributed by atoms with Gasteiger partial charge in [0.15, 0.2) is 5.82 Å². The quantitative estimate of drug-likeness (QED) is 0.121. The second-order valence-electron chi connectivity index (χ2n) is 27.4. The summed E-state index contributed by atoms with van der Waals surface area (Å²) >= 11 is 0. The number of fused-ring (bicyclic) bond motifs is 4. The number of hydrogen-bond donors (Lipinski definition) is 0. The molecule has 2 aliphatic heterocycles. The molecule has 0 aliphatic carbocycles. The van der Waals surface area contributed by atoms with Crippen LogP contribution in [0.2, 0.25) is 0 Å². The van der Waals surface area contributed by atoms with Gasteiger partial charge in [-0.05, 0) is 196 Å². The standard InChI is InChI=1S/C90H71BN4/c1-89(2,3)75-39-43-77(44-40-75)94-83-47-37-66(60-25-13-7-14-26-60)55-79(83)91-80-56-67(61-27-15-8-16-28-61)38-48-84(80)95(78-45-41-76(42-46-78)90(4,5)6)86-58-73(57-85(94)87(86)91)82-59-81(72-51-68(62-29-17-9-18-30-62)49-69(52-72)63-31-19-10-20-32-63)92-88(93-82)74-53-70(64-33-21-11-22-34-64)50-71(54-74)65-35-23-12-24-36-65/h7-59H,1-6H3. The van der Waals surface area contributed by atoms with Crippen LogP contribution in [0, 0.1) is 0 Å². The van der Waals surface area contributed by atoms with Gasteiger partial charge in [-0.3, -0.25) is 0 Å². The molecule has 0 spiro atoms. The molecular formula is C90H71BN4. The summed E-state index contributed by atoms with van der Waals surface area (Å²) < 4.78 is 0. The van der Waals surface area contributed by atoms with Gasteiger partial charge in [-0.2, -0.15) is 0 Å². The van der Waals surface area contributed by atoms with Crippen LogP contribution in [0.4, 0.5) is 34.1 Å². The van der Waals surface area contributed by atoms with Crippen molar-refractivity contribution in [1.82, 2.24) is 9.97 Å². The average molecular weight is 1220 g/mol. The maximum atomic E-state index is 5.90. The molecule has 0 atom stereocenters. The second kappa shape index (κ2) is 23.9. The lowest BCUT2D eigenvalue weighted by Crippen LogP contribution is -2.61. The van der Waals surface area contributed by atoms with Crippen LogP contribution in [0.3, 0.4) is 0 Å². The van der Waals surface area contributed by atoms with Crippen molar-refractivity contribution in [3.63, 3.8) is 0 Å². The molecular weight excluding hydrogens is 1150 g/mol. The molecule has 4 nitrogen and oxygen atoms in total. The lowest BCUT2D eigenvalue weighted by Gasteiger charge is -2.44. The van der Waals surface area contributed by atoms with E-state index in [-0.39, 0.29) is 17.5 Å². The van der Waals surface area contributed by atoms with E-state index in [0.29, 0.717) is 5.82 Å². The van der Waals surface area contributed by atoms with Crippen molar-refractivity contribution in [2.75, 3.05) is 9.80 Å². The van der Waals surface area contributed by atoms with Crippen LogP contribution in [-0.4, -0.2) is 16.7 Å². The normalized spacial score (nSPS) is 12.5. The van der Waals surface area contributed by atoms with Crippen LogP contribution >= 0.6 is 0 Å². The number of hydrogen-bond acceptors (Lipinski definition) is 4. The molecule has 2 aliphatic rings. The van der Waals surface area contributed by atoms with E-state index < -0.39 is 0 Å². The molecule has 0 saturated carbocycles. The van der Waals surface area contributed by atoms with Gasteiger partial charge in [0.05, 0.1) is 11.4 Å². The minimum absolute atomic E-state index is 0.0519. The molecule has 0 unspecified atom stereocenters. The molecule has 454 valence electrons. The van der Waals surface area contributed by atoms with E-state index in [4.69, 9.17) is 9.97 Å². The third-order valence-corrected chi connectivity index (χ3v) is 19.1. The molecule has 0 saturated heterocycles. The summed E-state index contributed by atoms with van der Waals surface area (Å²) in [6.45, 7) is 13.6. The van der Waals surface area contributed by atoms with E-state index >= 15 is 0 Å². The van der Waals surface area contributed by atoms with Gasteiger partial charge in [-0.15, -0.1) is 0 Å². The van der Waals surface area contributed by atoms with Crippen LogP contribution in [-0.2, 0) is 10.8 Å². The Morgan fingerprint density at radius 2 is 0.537 bits per heavy atom. The topological polar surface area (TPSA) is 32.3 Å². The molecule has 14 aromatic rings. The molecule has 0 amide bonds. The third-order valence-electron chi connectivity index (χ3n) is 19.1. The Kier molecular flexibility index (Phi) is 14.8. The van der Waals surface area contributed by atoms with Crippen molar-refractivity contribution < 1.29 is 0 Å². The van der Waals surface area contributed by atoms with Crippen LogP contribution in [0.15, 0.2) is 322 Å². The molecule has 5 heteroatoms. The Balaban J connectivity index is 1.01. The van der Waals surface area contributed by atoms with Crippen molar-refractivity contribution >= 4 is 57.2 Å². The number of nitrogens with zero attached hydrogens (tertiary/aromatic N) is 4. The number of rotatable bonds is 11. The van der Waals surface area contributed by atoms with Crippen molar-refractivity contribution in [3.05, 3.63) is 333 Å². The number of aromatic nitrogens is 2. The zero-order valence-electron chi connectivity index (χ0n) is 54.5. The van der Waals surface area contributed by atoms with Crippen molar-refractivity contribution in [2.24, 2.45) is 0 Å². The first-order valence-corrected chi connectivity index (χ1v) is 33.1. The maximum Gasteiger partial charge on any atom is 0.252 e. The van der Waals surface area contributed by atoms with E-state index in [1.165, 1.54) is 49.8 Å². The van der Waals surface area contributed by atoms with Crippen molar-refractivity contribution in [1.29, 1.82) is 0 Å². The highest BCUT2D eigenvalue weighted by molar-refractivity contribution is 7.00. The summed E-state index contributed by atoms with van der Waals surface area (Å²) in [6, 6.07) is 118. The summed E-state index contributed by atoms with van der Waals surface area (Å²) in [5.41, 5.74) is 30.9. The Bertz CT molecular complexity index is 4720. The summed E-state index contributed by atoms with van der Waals surface area (Å²) in [5, 5.41) is 0. The average Bonchev–Trinajstić information content (AvgIpc) is 0.696. The minimum atomic E-state index is -0.174. The molecule has 3 heterocycles. The van der Waals surface area contributed by atoms with Gasteiger partial charge in [-0.1, -0.05) is 272 Å². The van der Waals surface area contributed by atoms with E-state index in [1.54, 1.807) is 0 Å². The molecule has 0 bridgehead atoms. The van der Waals surface area contributed by atoms with Gasteiger partial charge in [0.25, 0.3) is 6.71 Å². The SMILES string of the molecule is CC(C)(C)c1ccc(N2c3ccc(-c4ccccc4)cc3B3c4cc(-c5ccccc5)ccc4N(c4ccc(C(C)(C)C)cc4)c4cc(-c5cc(-c6cc(-c7ccccc7)cc(-c7ccccc7)c6)nc(-c6cc(-c7ccccc7)cc(-c7ccccc7)c6)n5)cc2c43)cc1. The fourth-order valence-electron chi connectivity index (χ4n) is 14.1. The summed E-state index contributed by atoms with van der Waals surface area (Å²) in [6.07, 6.45) is 0. The van der Waals surface area contributed by atoms with Gasteiger partial charge in [0.1, 0.15) is 0 Å². The molecule has 95 heavy (non-hydrogen) atoms. The van der Waals surface area contributed by atoms with Crippen LogP contribution in [0.5, 0.6) is 0 Å². The lowest BCUT2D eigenvalue weighted by atomic mass is 9.33. The monoisotopic (exact) mass is 1220 g/mol. The molecule has 16 rings (SSSR count). The Morgan fingerprint density at radius 3 is 0.863 bits per heavy atom. The predicted molar refractivity (Wildman–Crippen MR) is 402 cm³/mol. The summed E-state index contributed by atoms with van der Waals surface area (Å²) in [7, 11) is 0. The predicted octanol–water partition coefficient (Wildman–Crippen LogP) is 22.2. The van der Waals surface area contributed by atoms with E-state index in [0.717, 1.165) is 107 Å². The van der Waals surface area contributed by atoms with Gasteiger partial charge < -0.3 is 9.80 Å². The highest BCUT2D eigenvalue weighted by Gasteiger charge is 2.44. The highest BCUT2D eigenvalue weighted by Crippen LogP contribution is 2.48. The Hall–Kier alpha value is -11.4. The van der Waals surface area contributed by atoms with Crippen LogP contribution in [0.25, 0.3) is 101 Å². The van der Waals surface area contributed by atoms with Crippen molar-refractivity contribution in [2.45, 2.75) is 52.4 Å². The lowest BCUT2D eigenvalue weighted by molar-refractivity contribution is 0.590. The van der Waals surface area contributed by atoms with Gasteiger partial charge in [0.2, 0.25) is 0 Å². The molecule has 13 aromatic carbocycles. The smallest absolute Gasteiger partial charge is 0.252 e. The fourth-order valence-corrected chi connectivity index (χ4v) is 14.1. The van der Waals surface area contributed by atoms with E-state index in [2.05, 4.69) is 373 Å². The van der Waals surface area contributed by atoms with E-state index in [9.17, 15) is 0 Å². The Morgan fingerprint density at radius 1 is 0.242 bits per heavy atom. The maximum absolute atomic E-state index is 5.90. The van der Waals surface area contributed by atoms with Crippen LogP contribution < -0.4 is 26.2 Å². The second-order valence-corrected chi connectivity index (χ2v) is 27.4. The van der Waals surface area contributed by atoms with Crippen LogP contribution in [0.1, 0.15) is 52.7 Å². The number of benzene rings is 13. The molecule has 1 aromatic heterocycles. The zero-order chi connectivity index (χ0) is 64.4. The first kappa shape index (κ1) is 58.7. The van der Waals surface area contributed by atoms with Crippen molar-refractivity contribution in [3.8, 4) is 101 Å². The number of anilines is 6. The Labute approximate surface area is 559 Å². The minimum Gasteiger partial charge on any atom is -0.311 e. The van der Waals surface area contributed by atoms with Gasteiger partial charge in [-0.25, -0.2) is 9.97 Å². The molecule has 0 fully saturated rings. The fraction of sp³-hybridized carbons (Fsp3) is 0.0889. The first-order chi connectivity index (χ1) is 46.3. The zero-order valence-corrected chi connectivity index (χ0v) is 54.5. The van der Waals surface area contributed by atoms with E-state index in [1.807, 2.05) is 0 Å². The third kappa shape index (κ3) is 11.2. The van der Waals surface area contributed by atoms with Gasteiger partial charge in [0, 0.05) is 50.8 Å². The highest BCUT2D eigenvalue weighted by atomic mass is 15.2. The summed E-state index contributed by atoms with van der Waals surface area (Å²) in [5.74, 6) is 0.630. The summed E-state index contributed by atoms with van der Waals surface area (Å²) in [4.78, 5) is 16.7.